The van der Waals surface area contributed by atoms with Crippen LogP contribution in [0.2, 0.25) is 0 Å². The zero-order valence-electron chi connectivity index (χ0n) is 17.0. The van der Waals surface area contributed by atoms with Crippen molar-refractivity contribution in [3.63, 3.8) is 0 Å². The van der Waals surface area contributed by atoms with Gasteiger partial charge in [-0.1, -0.05) is 72.8 Å². The van der Waals surface area contributed by atoms with E-state index in [0.717, 1.165) is 33.0 Å². The highest BCUT2D eigenvalue weighted by atomic mass is 19.1. The van der Waals surface area contributed by atoms with E-state index in [4.69, 9.17) is 0 Å². The third-order valence-corrected chi connectivity index (χ3v) is 5.23. The Morgan fingerprint density at radius 2 is 1.13 bits per heavy atom. The largest absolute Gasteiger partial charge is 0.207 e. The molecule has 0 heterocycles. The quantitative estimate of drug-likeness (QED) is 0.306. The van der Waals surface area contributed by atoms with E-state index in [0.29, 0.717) is 11.1 Å². The monoisotopic (exact) mass is 396 g/mol. The predicted octanol–water partition coefficient (Wildman–Crippen LogP) is 8.08. The molecule has 0 saturated carbocycles. The lowest BCUT2D eigenvalue weighted by atomic mass is 9.99. The molecular formula is C28H22F2. The molecule has 2 heteroatoms. The van der Waals surface area contributed by atoms with Crippen molar-refractivity contribution in [2.45, 2.75) is 13.8 Å². The third-order valence-electron chi connectivity index (χ3n) is 5.23. The minimum atomic E-state index is -0.205. The first-order valence-corrected chi connectivity index (χ1v) is 9.91. The number of rotatable bonds is 4. The second-order valence-corrected chi connectivity index (χ2v) is 7.52. The van der Waals surface area contributed by atoms with Crippen molar-refractivity contribution in [1.82, 2.24) is 0 Å². The Hall–Kier alpha value is -3.52. The van der Waals surface area contributed by atoms with E-state index >= 15 is 0 Å². The van der Waals surface area contributed by atoms with Gasteiger partial charge in [-0.05, 0) is 82.3 Å². The molecule has 0 fully saturated rings. The number of benzene rings is 4. The fourth-order valence-corrected chi connectivity index (χ4v) is 3.40. The maximum atomic E-state index is 13.9. The highest BCUT2D eigenvalue weighted by molar-refractivity contribution is 5.95. The van der Waals surface area contributed by atoms with Crippen LogP contribution in [-0.2, 0) is 0 Å². The zero-order valence-corrected chi connectivity index (χ0v) is 17.0. The number of hydrogen-bond acceptors (Lipinski definition) is 0. The van der Waals surface area contributed by atoms with Crippen LogP contribution in [0.4, 0.5) is 8.78 Å². The zero-order chi connectivity index (χ0) is 21.1. The van der Waals surface area contributed by atoms with E-state index in [2.05, 4.69) is 24.3 Å². The lowest BCUT2D eigenvalue weighted by molar-refractivity contribution is 0.618. The first-order chi connectivity index (χ1) is 14.5. The molecule has 0 atom stereocenters. The van der Waals surface area contributed by atoms with Gasteiger partial charge in [0.15, 0.2) is 0 Å². The Bertz CT molecular complexity index is 1280. The van der Waals surface area contributed by atoms with E-state index in [1.54, 1.807) is 38.1 Å². The maximum Gasteiger partial charge on any atom is 0.126 e. The summed E-state index contributed by atoms with van der Waals surface area (Å²) in [7, 11) is 0. The topological polar surface area (TPSA) is 0 Å². The molecule has 4 rings (SSSR count). The Morgan fingerprint density at radius 3 is 1.77 bits per heavy atom. The summed E-state index contributed by atoms with van der Waals surface area (Å²) in [5.41, 5.74) is 4.97. The molecule has 0 amide bonds. The summed E-state index contributed by atoms with van der Waals surface area (Å²) in [5.74, 6) is -0.409. The van der Waals surface area contributed by atoms with Crippen LogP contribution in [0.3, 0.4) is 0 Å². The van der Waals surface area contributed by atoms with Gasteiger partial charge in [0, 0.05) is 0 Å². The third kappa shape index (κ3) is 4.38. The summed E-state index contributed by atoms with van der Waals surface area (Å²) in [6, 6.07) is 22.8. The first-order valence-electron chi connectivity index (χ1n) is 9.91. The number of aryl methyl sites for hydroxylation is 2. The molecule has 0 unspecified atom stereocenters. The van der Waals surface area contributed by atoms with Gasteiger partial charge in [-0.15, -0.1) is 0 Å². The average molecular weight is 396 g/mol. The molecule has 0 aliphatic rings. The van der Waals surface area contributed by atoms with Crippen molar-refractivity contribution >= 4 is 35.1 Å². The van der Waals surface area contributed by atoms with Gasteiger partial charge in [-0.3, -0.25) is 0 Å². The molecule has 30 heavy (non-hydrogen) atoms. The van der Waals surface area contributed by atoms with Gasteiger partial charge in [0.25, 0.3) is 0 Å². The van der Waals surface area contributed by atoms with E-state index in [1.807, 2.05) is 48.6 Å². The van der Waals surface area contributed by atoms with Crippen LogP contribution >= 0.6 is 0 Å². The Balaban J connectivity index is 1.71. The molecule has 0 aliphatic heterocycles. The summed E-state index contributed by atoms with van der Waals surface area (Å²) in [5, 5.41) is 2.24. The normalized spacial score (nSPS) is 11.7. The smallest absolute Gasteiger partial charge is 0.126 e. The second kappa shape index (κ2) is 8.46. The van der Waals surface area contributed by atoms with Gasteiger partial charge < -0.3 is 0 Å². The van der Waals surface area contributed by atoms with Crippen LogP contribution in [0.5, 0.6) is 0 Å². The van der Waals surface area contributed by atoms with Gasteiger partial charge in [0.1, 0.15) is 11.6 Å². The van der Waals surface area contributed by atoms with E-state index in [9.17, 15) is 8.78 Å². The van der Waals surface area contributed by atoms with E-state index in [-0.39, 0.29) is 11.6 Å². The fourth-order valence-electron chi connectivity index (χ4n) is 3.40. The second-order valence-electron chi connectivity index (χ2n) is 7.52. The molecule has 0 nitrogen and oxygen atoms in total. The van der Waals surface area contributed by atoms with Gasteiger partial charge in [0.2, 0.25) is 0 Å². The highest BCUT2D eigenvalue weighted by Crippen LogP contribution is 2.25. The van der Waals surface area contributed by atoms with Crippen LogP contribution in [0.25, 0.3) is 35.1 Å². The van der Waals surface area contributed by atoms with Crippen LogP contribution < -0.4 is 0 Å². The summed E-state index contributed by atoms with van der Waals surface area (Å²) in [6.45, 7) is 3.51. The summed E-state index contributed by atoms with van der Waals surface area (Å²) in [6.07, 6.45) is 7.83. The Kier molecular flexibility index (Phi) is 5.58. The fraction of sp³-hybridized carbons (Fsp3) is 0.0714. The molecule has 0 bridgehead atoms. The van der Waals surface area contributed by atoms with E-state index < -0.39 is 0 Å². The minimum Gasteiger partial charge on any atom is -0.207 e. The van der Waals surface area contributed by atoms with Gasteiger partial charge >= 0.3 is 0 Å². The van der Waals surface area contributed by atoms with Crippen molar-refractivity contribution in [2.24, 2.45) is 0 Å². The van der Waals surface area contributed by atoms with Crippen LogP contribution in [0, 0.1) is 25.5 Å². The molecule has 0 spiro atoms. The number of fused-ring (bicyclic) bond motifs is 1. The summed E-state index contributed by atoms with van der Waals surface area (Å²) < 4.78 is 27.7. The lowest BCUT2D eigenvalue weighted by Crippen LogP contribution is -1.85. The van der Waals surface area contributed by atoms with Crippen molar-refractivity contribution in [3.8, 4) is 0 Å². The lowest BCUT2D eigenvalue weighted by Gasteiger charge is -2.06. The standard InChI is InChI=1S/C28H22F2/c1-19-7-9-21(17-27(19)29)11-12-23-15-24-5-3-4-6-26(24)25(16-23)14-13-22-10-8-20(2)28(30)18-22/h3-18H,1-2H3. The number of halogens is 2. The summed E-state index contributed by atoms with van der Waals surface area (Å²) >= 11 is 0. The summed E-state index contributed by atoms with van der Waals surface area (Å²) in [4.78, 5) is 0. The molecule has 0 radical (unpaired) electrons. The van der Waals surface area contributed by atoms with E-state index in [1.165, 1.54) is 0 Å². The molecule has 4 aromatic rings. The predicted molar refractivity (Wildman–Crippen MR) is 124 cm³/mol. The number of hydrogen-bond donors (Lipinski definition) is 0. The molecule has 0 saturated heterocycles. The van der Waals surface area contributed by atoms with Crippen molar-refractivity contribution in [1.29, 1.82) is 0 Å². The van der Waals surface area contributed by atoms with Crippen LogP contribution in [0.15, 0.2) is 72.8 Å². The molecule has 0 aliphatic carbocycles. The van der Waals surface area contributed by atoms with Crippen molar-refractivity contribution < 1.29 is 8.78 Å². The Labute approximate surface area is 175 Å². The average Bonchev–Trinajstić information content (AvgIpc) is 2.75. The molecule has 0 aromatic heterocycles. The van der Waals surface area contributed by atoms with Gasteiger partial charge in [0.05, 0.1) is 0 Å². The van der Waals surface area contributed by atoms with Crippen molar-refractivity contribution in [3.05, 3.63) is 118 Å². The van der Waals surface area contributed by atoms with Gasteiger partial charge in [-0.25, -0.2) is 8.78 Å². The molecule has 148 valence electrons. The molecular weight excluding hydrogens is 374 g/mol. The molecule has 4 aromatic carbocycles. The van der Waals surface area contributed by atoms with Crippen LogP contribution in [0.1, 0.15) is 33.4 Å². The maximum absolute atomic E-state index is 13.9. The van der Waals surface area contributed by atoms with Crippen LogP contribution in [-0.4, -0.2) is 0 Å². The van der Waals surface area contributed by atoms with Crippen molar-refractivity contribution in [2.75, 3.05) is 0 Å². The minimum absolute atomic E-state index is 0.204. The SMILES string of the molecule is Cc1ccc(C=Cc2cc(C=Cc3ccc(C)c(F)c3)c3ccccc3c2)cc1F. The highest BCUT2D eigenvalue weighted by Gasteiger charge is 2.02. The first kappa shape index (κ1) is 19.8. The Morgan fingerprint density at radius 1 is 0.567 bits per heavy atom. The molecule has 0 N–H and O–H groups in total. The van der Waals surface area contributed by atoms with Gasteiger partial charge in [-0.2, -0.15) is 0 Å².